The number of primary amides is 1. The molecule has 1 fully saturated rings. The van der Waals surface area contributed by atoms with Crippen LogP contribution in [0.2, 0.25) is 0 Å². The van der Waals surface area contributed by atoms with E-state index in [1.807, 2.05) is 6.92 Å². The number of rotatable bonds is 7. The van der Waals surface area contributed by atoms with Crippen LogP contribution in [0.1, 0.15) is 36.5 Å². The van der Waals surface area contributed by atoms with Crippen LogP contribution in [0, 0.1) is 5.82 Å². The molecule has 2 heterocycles. The van der Waals surface area contributed by atoms with Gasteiger partial charge in [0.15, 0.2) is 11.6 Å². The minimum atomic E-state index is -0.770. The Morgan fingerprint density at radius 2 is 2.20 bits per heavy atom. The van der Waals surface area contributed by atoms with Gasteiger partial charge >= 0.3 is 0 Å². The summed E-state index contributed by atoms with van der Waals surface area (Å²) in [7, 11) is 0. The molecule has 1 saturated carbocycles. The van der Waals surface area contributed by atoms with E-state index in [1.165, 1.54) is 0 Å². The highest BCUT2D eigenvalue weighted by molar-refractivity contribution is 5.98. The number of nitrogens with one attached hydrogen (secondary N) is 2. The Morgan fingerprint density at radius 1 is 1.44 bits per heavy atom. The van der Waals surface area contributed by atoms with Gasteiger partial charge in [-0.2, -0.15) is 0 Å². The zero-order chi connectivity index (χ0) is 18.0. The van der Waals surface area contributed by atoms with Crippen LogP contribution >= 0.6 is 0 Å². The minimum Gasteiger partial charge on any atom is -0.365 e. The first-order valence-electron chi connectivity index (χ1n) is 8.16. The number of nitrogens with two attached hydrogens (primary N) is 2. The third-order valence-electron chi connectivity index (χ3n) is 4.41. The summed E-state index contributed by atoms with van der Waals surface area (Å²) in [4.78, 5) is 19.9. The number of carbonyl (C=O) groups is 1. The van der Waals surface area contributed by atoms with Crippen LogP contribution in [0.3, 0.4) is 0 Å². The molecule has 1 aliphatic carbocycles. The maximum atomic E-state index is 14.4. The van der Waals surface area contributed by atoms with Crippen LogP contribution in [0.15, 0.2) is 30.6 Å². The van der Waals surface area contributed by atoms with Crippen LogP contribution in [0.25, 0.3) is 0 Å². The highest BCUT2D eigenvalue weighted by atomic mass is 19.1. The highest BCUT2D eigenvalue weighted by Gasteiger charge is 2.45. The van der Waals surface area contributed by atoms with Gasteiger partial charge in [-0.3, -0.25) is 9.78 Å². The molecule has 132 valence electrons. The summed E-state index contributed by atoms with van der Waals surface area (Å²) in [5.41, 5.74) is 11.8. The topological polar surface area (TPSA) is 119 Å². The molecular formula is C17H21FN6O. The zero-order valence-corrected chi connectivity index (χ0v) is 13.9. The van der Waals surface area contributed by atoms with Crippen molar-refractivity contribution in [3.05, 3.63) is 42.0 Å². The Kier molecular flexibility index (Phi) is 4.54. The first-order valence-corrected chi connectivity index (χ1v) is 8.16. The van der Waals surface area contributed by atoms with Crippen LogP contribution in [-0.4, -0.2) is 27.5 Å². The molecule has 0 unspecified atom stereocenters. The van der Waals surface area contributed by atoms with Crippen LogP contribution in [0.4, 0.5) is 21.7 Å². The van der Waals surface area contributed by atoms with E-state index in [-0.39, 0.29) is 28.8 Å². The molecule has 25 heavy (non-hydrogen) atoms. The summed E-state index contributed by atoms with van der Waals surface area (Å²) in [6, 6.07) is 4.47. The number of amides is 1. The number of halogens is 1. The molecule has 3 rings (SSSR count). The maximum absolute atomic E-state index is 14.4. The third-order valence-corrected chi connectivity index (χ3v) is 4.41. The lowest BCUT2D eigenvalue weighted by Gasteiger charge is -2.24. The average molecular weight is 344 g/mol. The van der Waals surface area contributed by atoms with Gasteiger partial charge in [0.2, 0.25) is 0 Å². The number of pyridine rings is 2. The molecule has 2 aromatic heterocycles. The standard InChI is InChI=1S/C17H21FN6O/c1-2-13(17(20)5-6-17)23-16-12(18)8-11(14(19)25)15(24-16)22-10-4-3-7-21-9-10/h3-4,7-9,13H,2,5-6,20H2,1H3,(H2,19,25)(H2,22,23,24)/t13-/m0/s1. The summed E-state index contributed by atoms with van der Waals surface area (Å²) in [6.07, 6.45) is 5.70. The normalized spacial score (nSPS) is 16.1. The van der Waals surface area contributed by atoms with E-state index in [1.54, 1.807) is 24.5 Å². The molecule has 0 spiro atoms. The lowest BCUT2D eigenvalue weighted by atomic mass is 10.0. The van der Waals surface area contributed by atoms with Gasteiger partial charge in [0.1, 0.15) is 5.82 Å². The van der Waals surface area contributed by atoms with Gasteiger partial charge in [-0.1, -0.05) is 6.92 Å². The van der Waals surface area contributed by atoms with Crippen molar-refractivity contribution < 1.29 is 9.18 Å². The van der Waals surface area contributed by atoms with Crippen molar-refractivity contribution in [2.45, 2.75) is 37.8 Å². The Labute approximate surface area is 145 Å². The number of anilines is 3. The van der Waals surface area contributed by atoms with Gasteiger partial charge in [-0.05, 0) is 37.5 Å². The lowest BCUT2D eigenvalue weighted by molar-refractivity contribution is 0.100. The molecule has 0 aromatic carbocycles. The lowest BCUT2D eigenvalue weighted by Crippen LogP contribution is -2.42. The summed E-state index contributed by atoms with van der Waals surface area (Å²) in [5, 5.41) is 6.03. The van der Waals surface area contributed by atoms with Crippen molar-refractivity contribution in [1.82, 2.24) is 9.97 Å². The summed E-state index contributed by atoms with van der Waals surface area (Å²) >= 11 is 0. The molecule has 1 aliphatic rings. The van der Waals surface area contributed by atoms with E-state index in [4.69, 9.17) is 11.5 Å². The van der Waals surface area contributed by atoms with Gasteiger partial charge in [0, 0.05) is 17.8 Å². The fraction of sp³-hybridized carbons (Fsp3) is 0.353. The number of nitrogens with zero attached hydrogens (tertiary/aromatic N) is 2. The molecule has 1 atom stereocenters. The van der Waals surface area contributed by atoms with E-state index in [0.29, 0.717) is 5.69 Å². The molecule has 0 saturated heterocycles. The average Bonchev–Trinajstić information content (AvgIpc) is 3.34. The van der Waals surface area contributed by atoms with Crippen LogP contribution in [0.5, 0.6) is 0 Å². The van der Waals surface area contributed by atoms with Gasteiger partial charge < -0.3 is 22.1 Å². The van der Waals surface area contributed by atoms with E-state index in [9.17, 15) is 9.18 Å². The molecule has 1 amide bonds. The van der Waals surface area contributed by atoms with Crippen molar-refractivity contribution >= 4 is 23.2 Å². The first kappa shape index (κ1) is 17.1. The highest BCUT2D eigenvalue weighted by Crippen LogP contribution is 2.38. The molecule has 0 radical (unpaired) electrons. The molecular weight excluding hydrogens is 323 g/mol. The quantitative estimate of drug-likeness (QED) is 0.611. The van der Waals surface area contributed by atoms with Crippen molar-refractivity contribution in [2.75, 3.05) is 10.6 Å². The van der Waals surface area contributed by atoms with E-state index >= 15 is 0 Å². The van der Waals surface area contributed by atoms with Gasteiger partial charge in [0.25, 0.3) is 5.91 Å². The first-order chi connectivity index (χ1) is 11.9. The maximum Gasteiger partial charge on any atom is 0.252 e. The third kappa shape index (κ3) is 3.69. The number of aromatic nitrogens is 2. The Bertz CT molecular complexity index is 778. The fourth-order valence-electron chi connectivity index (χ4n) is 2.76. The van der Waals surface area contributed by atoms with Crippen LogP contribution in [-0.2, 0) is 0 Å². The second kappa shape index (κ2) is 6.64. The predicted octanol–water partition coefficient (Wildman–Crippen LogP) is 2.14. The van der Waals surface area contributed by atoms with E-state index < -0.39 is 11.7 Å². The number of carbonyl (C=O) groups excluding carboxylic acids is 1. The van der Waals surface area contributed by atoms with E-state index in [0.717, 1.165) is 25.3 Å². The minimum absolute atomic E-state index is 0.0335. The second-order valence-electron chi connectivity index (χ2n) is 6.28. The van der Waals surface area contributed by atoms with Crippen molar-refractivity contribution in [3.8, 4) is 0 Å². The monoisotopic (exact) mass is 344 g/mol. The summed E-state index contributed by atoms with van der Waals surface area (Å²) in [6.45, 7) is 1.98. The molecule has 8 heteroatoms. The predicted molar refractivity (Wildman–Crippen MR) is 94.1 cm³/mol. The second-order valence-corrected chi connectivity index (χ2v) is 6.28. The molecule has 2 aromatic rings. The van der Waals surface area contributed by atoms with Crippen molar-refractivity contribution in [2.24, 2.45) is 11.5 Å². The molecule has 0 aliphatic heterocycles. The van der Waals surface area contributed by atoms with Crippen LogP contribution < -0.4 is 22.1 Å². The Balaban J connectivity index is 1.93. The van der Waals surface area contributed by atoms with Crippen molar-refractivity contribution in [1.29, 1.82) is 0 Å². The molecule has 7 nitrogen and oxygen atoms in total. The SMILES string of the molecule is CC[C@H](Nc1nc(Nc2cccnc2)c(C(N)=O)cc1F)C1(N)CC1. The number of hydrogen-bond acceptors (Lipinski definition) is 6. The smallest absolute Gasteiger partial charge is 0.252 e. The fourth-order valence-corrected chi connectivity index (χ4v) is 2.76. The summed E-state index contributed by atoms with van der Waals surface area (Å²) in [5.74, 6) is -1.21. The zero-order valence-electron chi connectivity index (χ0n) is 13.9. The largest absolute Gasteiger partial charge is 0.365 e. The van der Waals surface area contributed by atoms with Gasteiger partial charge in [-0.25, -0.2) is 9.37 Å². The number of hydrogen-bond donors (Lipinski definition) is 4. The Hall–Kier alpha value is -2.74. The van der Waals surface area contributed by atoms with Gasteiger partial charge in [0.05, 0.1) is 17.4 Å². The van der Waals surface area contributed by atoms with E-state index in [2.05, 4.69) is 20.6 Å². The Morgan fingerprint density at radius 3 is 2.76 bits per heavy atom. The molecule has 6 N–H and O–H groups in total. The van der Waals surface area contributed by atoms with Gasteiger partial charge in [-0.15, -0.1) is 0 Å². The summed E-state index contributed by atoms with van der Waals surface area (Å²) < 4.78 is 14.4. The molecule has 0 bridgehead atoms. The van der Waals surface area contributed by atoms with Crippen molar-refractivity contribution in [3.63, 3.8) is 0 Å².